The number of aromatic nitrogens is 4. The van der Waals surface area contributed by atoms with Gasteiger partial charge in [0.05, 0.1) is 12.7 Å². The quantitative estimate of drug-likeness (QED) is 0.731. The molecule has 0 aliphatic rings. The van der Waals surface area contributed by atoms with E-state index >= 15 is 0 Å². The number of aryl methyl sites for hydroxylation is 1. The van der Waals surface area contributed by atoms with Crippen molar-refractivity contribution < 1.29 is 0 Å². The van der Waals surface area contributed by atoms with Crippen LogP contribution in [0.1, 0.15) is 5.56 Å². The molecule has 0 aliphatic heterocycles. The highest BCUT2D eigenvalue weighted by Gasteiger charge is 2.09. The molecular weight excluding hydrogens is 299 g/mol. The number of hydrogen-bond donors (Lipinski definition) is 0. The molecule has 5 nitrogen and oxygen atoms in total. The molecule has 20 heavy (non-hydrogen) atoms. The maximum Gasteiger partial charge on any atom is 0.264 e. The SMILES string of the molecule is Cn1ncc2c(=O)n(Cc3ccc(Cl)cc3Cl)cnc21. The highest BCUT2D eigenvalue weighted by atomic mass is 35.5. The highest BCUT2D eigenvalue weighted by molar-refractivity contribution is 6.35. The summed E-state index contributed by atoms with van der Waals surface area (Å²) < 4.78 is 3.06. The van der Waals surface area contributed by atoms with Crippen molar-refractivity contribution in [1.29, 1.82) is 0 Å². The summed E-state index contributed by atoms with van der Waals surface area (Å²) in [7, 11) is 1.75. The van der Waals surface area contributed by atoms with E-state index in [2.05, 4.69) is 10.1 Å². The second-order valence-electron chi connectivity index (χ2n) is 4.42. The molecule has 0 N–H and O–H groups in total. The second kappa shape index (κ2) is 4.92. The Kier molecular flexibility index (Phi) is 3.23. The van der Waals surface area contributed by atoms with Gasteiger partial charge in [0, 0.05) is 17.1 Å². The van der Waals surface area contributed by atoms with Gasteiger partial charge in [0.15, 0.2) is 5.65 Å². The topological polar surface area (TPSA) is 52.7 Å². The molecule has 0 aliphatic carbocycles. The van der Waals surface area contributed by atoms with Gasteiger partial charge in [-0.2, -0.15) is 5.10 Å². The molecule has 7 heteroatoms. The Morgan fingerprint density at radius 3 is 2.85 bits per heavy atom. The zero-order chi connectivity index (χ0) is 14.3. The Morgan fingerprint density at radius 2 is 2.10 bits per heavy atom. The lowest BCUT2D eigenvalue weighted by atomic mass is 10.2. The minimum Gasteiger partial charge on any atom is -0.294 e. The van der Waals surface area contributed by atoms with E-state index in [1.165, 1.54) is 17.1 Å². The Labute approximate surface area is 124 Å². The average molecular weight is 309 g/mol. The van der Waals surface area contributed by atoms with Crippen molar-refractivity contribution in [3.05, 3.63) is 56.7 Å². The van der Waals surface area contributed by atoms with Crippen molar-refractivity contribution in [2.24, 2.45) is 7.05 Å². The minimum atomic E-state index is -0.144. The van der Waals surface area contributed by atoms with Gasteiger partial charge in [0.1, 0.15) is 11.7 Å². The van der Waals surface area contributed by atoms with Gasteiger partial charge in [-0.05, 0) is 17.7 Å². The van der Waals surface area contributed by atoms with Gasteiger partial charge in [-0.15, -0.1) is 0 Å². The average Bonchev–Trinajstić information content (AvgIpc) is 2.78. The Bertz CT molecular complexity index is 853. The molecule has 0 amide bonds. The fourth-order valence-electron chi connectivity index (χ4n) is 2.01. The van der Waals surface area contributed by atoms with Crippen LogP contribution in [-0.2, 0) is 13.6 Å². The standard InChI is InChI=1S/C13H10Cl2N4O/c1-18-12-10(5-17-18)13(20)19(7-16-12)6-8-2-3-9(14)4-11(8)15/h2-5,7H,6H2,1H3. The van der Waals surface area contributed by atoms with Crippen LogP contribution in [0.15, 0.2) is 35.5 Å². The van der Waals surface area contributed by atoms with E-state index in [9.17, 15) is 4.79 Å². The number of hydrogen-bond acceptors (Lipinski definition) is 3. The van der Waals surface area contributed by atoms with Crippen LogP contribution in [0.3, 0.4) is 0 Å². The van der Waals surface area contributed by atoms with Gasteiger partial charge in [0.2, 0.25) is 0 Å². The molecule has 0 saturated carbocycles. The smallest absolute Gasteiger partial charge is 0.264 e. The molecule has 102 valence electrons. The molecule has 2 heterocycles. The lowest BCUT2D eigenvalue weighted by Crippen LogP contribution is -2.21. The number of halogens is 2. The van der Waals surface area contributed by atoms with Crippen LogP contribution >= 0.6 is 23.2 Å². The fraction of sp³-hybridized carbons (Fsp3) is 0.154. The van der Waals surface area contributed by atoms with Gasteiger partial charge in [0.25, 0.3) is 5.56 Å². The van der Waals surface area contributed by atoms with Crippen LogP contribution < -0.4 is 5.56 Å². The van der Waals surface area contributed by atoms with Crippen LogP contribution in [0.4, 0.5) is 0 Å². The number of fused-ring (bicyclic) bond motifs is 1. The van der Waals surface area contributed by atoms with Gasteiger partial charge < -0.3 is 0 Å². The van der Waals surface area contributed by atoms with Gasteiger partial charge in [-0.3, -0.25) is 14.0 Å². The molecular formula is C13H10Cl2N4O. The summed E-state index contributed by atoms with van der Waals surface area (Å²) in [6.45, 7) is 0.340. The Balaban J connectivity index is 2.07. The third-order valence-electron chi connectivity index (χ3n) is 3.07. The Hall–Kier alpha value is -1.85. The molecule has 0 atom stereocenters. The van der Waals surface area contributed by atoms with Crippen LogP contribution in [0, 0.1) is 0 Å². The fourth-order valence-corrected chi connectivity index (χ4v) is 2.48. The first kappa shape index (κ1) is 13.1. The first-order valence-corrected chi connectivity index (χ1v) is 6.63. The summed E-state index contributed by atoms with van der Waals surface area (Å²) in [5, 5.41) is 5.60. The third kappa shape index (κ3) is 2.19. The molecule has 0 radical (unpaired) electrons. The summed E-state index contributed by atoms with van der Waals surface area (Å²) in [5.41, 5.74) is 1.23. The molecule has 0 spiro atoms. The van der Waals surface area contributed by atoms with E-state index in [-0.39, 0.29) is 5.56 Å². The van der Waals surface area contributed by atoms with Crippen LogP contribution in [0.2, 0.25) is 10.0 Å². The number of benzene rings is 1. The summed E-state index contributed by atoms with van der Waals surface area (Å²) in [5.74, 6) is 0. The molecule has 0 unspecified atom stereocenters. The number of rotatable bonds is 2. The summed E-state index contributed by atoms with van der Waals surface area (Å²) in [4.78, 5) is 16.6. The predicted molar refractivity (Wildman–Crippen MR) is 78.3 cm³/mol. The number of nitrogens with zero attached hydrogens (tertiary/aromatic N) is 4. The normalized spacial score (nSPS) is 11.2. The highest BCUT2D eigenvalue weighted by Crippen LogP contribution is 2.21. The zero-order valence-corrected chi connectivity index (χ0v) is 12.1. The van der Waals surface area contributed by atoms with Crippen molar-refractivity contribution in [3.8, 4) is 0 Å². The molecule has 3 aromatic rings. The zero-order valence-electron chi connectivity index (χ0n) is 10.5. The summed E-state index contributed by atoms with van der Waals surface area (Å²) >= 11 is 12.0. The van der Waals surface area contributed by atoms with E-state index in [0.29, 0.717) is 27.6 Å². The van der Waals surface area contributed by atoms with Crippen molar-refractivity contribution in [2.45, 2.75) is 6.54 Å². The molecule has 2 aromatic heterocycles. The van der Waals surface area contributed by atoms with E-state index < -0.39 is 0 Å². The predicted octanol–water partition coefficient (Wildman–Crippen LogP) is 2.49. The maximum absolute atomic E-state index is 12.3. The summed E-state index contributed by atoms with van der Waals surface area (Å²) in [6, 6.07) is 5.19. The van der Waals surface area contributed by atoms with Crippen LogP contribution in [0.25, 0.3) is 11.0 Å². The maximum atomic E-state index is 12.3. The largest absolute Gasteiger partial charge is 0.294 e. The minimum absolute atomic E-state index is 0.144. The van der Waals surface area contributed by atoms with Crippen LogP contribution in [-0.4, -0.2) is 19.3 Å². The first-order chi connectivity index (χ1) is 9.56. The monoisotopic (exact) mass is 308 g/mol. The summed E-state index contributed by atoms with van der Waals surface area (Å²) in [6.07, 6.45) is 3.02. The van der Waals surface area contributed by atoms with Crippen molar-refractivity contribution in [1.82, 2.24) is 19.3 Å². The van der Waals surface area contributed by atoms with Crippen molar-refractivity contribution in [3.63, 3.8) is 0 Å². The Morgan fingerprint density at radius 1 is 1.30 bits per heavy atom. The van der Waals surface area contributed by atoms with E-state index in [1.807, 2.05) is 0 Å². The van der Waals surface area contributed by atoms with E-state index in [1.54, 1.807) is 29.9 Å². The van der Waals surface area contributed by atoms with Gasteiger partial charge in [-0.25, -0.2) is 4.98 Å². The first-order valence-electron chi connectivity index (χ1n) is 5.87. The lowest BCUT2D eigenvalue weighted by Gasteiger charge is -2.07. The molecule has 0 saturated heterocycles. The van der Waals surface area contributed by atoms with E-state index in [0.717, 1.165) is 5.56 Å². The van der Waals surface area contributed by atoms with Crippen molar-refractivity contribution in [2.75, 3.05) is 0 Å². The second-order valence-corrected chi connectivity index (χ2v) is 5.26. The van der Waals surface area contributed by atoms with Crippen LogP contribution in [0.5, 0.6) is 0 Å². The molecule has 0 fully saturated rings. The third-order valence-corrected chi connectivity index (χ3v) is 3.66. The van der Waals surface area contributed by atoms with Gasteiger partial charge in [-0.1, -0.05) is 29.3 Å². The lowest BCUT2D eigenvalue weighted by molar-refractivity contribution is 0.737. The molecule has 3 rings (SSSR count). The molecule has 1 aromatic carbocycles. The van der Waals surface area contributed by atoms with Crippen molar-refractivity contribution >= 4 is 34.2 Å². The molecule has 0 bridgehead atoms. The van der Waals surface area contributed by atoms with E-state index in [4.69, 9.17) is 23.2 Å². The van der Waals surface area contributed by atoms with Gasteiger partial charge >= 0.3 is 0 Å².